The number of methoxy groups -OCH3 is 1. The number of hydrogen-bond acceptors (Lipinski definition) is 7. The van der Waals surface area contributed by atoms with Crippen LogP contribution < -0.4 is 5.32 Å². The number of fused-ring (bicyclic) bond motifs is 1. The molecule has 0 fully saturated rings. The molecule has 0 saturated heterocycles. The topological polar surface area (TPSA) is 81.4 Å². The van der Waals surface area contributed by atoms with Gasteiger partial charge in [-0.3, -0.25) is 0 Å². The smallest absolute Gasteiger partial charge is 0.349 e. The Morgan fingerprint density at radius 2 is 2.40 bits per heavy atom. The van der Waals surface area contributed by atoms with E-state index in [0.717, 1.165) is 5.52 Å². The van der Waals surface area contributed by atoms with Gasteiger partial charge < -0.3 is 10.1 Å². The second-order valence-corrected chi connectivity index (χ2v) is 5.08. The molecule has 102 valence electrons. The van der Waals surface area contributed by atoms with Crippen LogP contribution in [0.25, 0.3) is 5.52 Å². The summed E-state index contributed by atoms with van der Waals surface area (Å²) in [6, 6.07) is 3.67. The van der Waals surface area contributed by atoms with Crippen molar-refractivity contribution in [3.63, 3.8) is 0 Å². The Morgan fingerprint density at radius 1 is 1.55 bits per heavy atom. The first-order valence-corrected chi connectivity index (χ1v) is 6.69. The minimum atomic E-state index is -0.427. The van der Waals surface area contributed by atoms with Crippen molar-refractivity contribution in [2.75, 3.05) is 12.4 Å². The summed E-state index contributed by atoms with van der Waals surface area (Å²) in [5.41, 5.74) is 0.754. The Balaban J connectivity index is 1.95. The molecular weight excluding hydrogens is 302 g/mol. The predicted molar refractivity (Wildman–Crippen MR) is 74.7 cm³/mol. The molecule has 0 aliphatic heterocycles. The van der Waals surface area contributed by atoms with Gasteiger partial charge in [-0.1, -0.05) is 11.3 Å². The van der Waals surface area contributed by atoms with Gasteiger partial charge in [-0.25, -0.2) is 14.3 Å². The highest BCUT2D eigenvalue weighted by molar-refractivity contribution is 7.17. The van der Waals surface area contributed by atoms with Gasteiger partial charge in [-0.15, -0.1) is 5.10 Å². The van der Waals surface area contributed by atoms with Gasteiger partial charge in [0.1, 0.15) is 10.4 Å². The van der Waals surface area contributed by atoms with Gasteiger partial charge in [0.15, 0.2) is 10.9 Å². The lowest BCUT2D eigenvalue weighted by Gasteiger charge is -2.04. The zero-order valence-electron chi connectivity index (χ0n) is 10.2. The number of nitrogens with one attached hydrogen (secondary N) is 1. The molecule has 0 bridgehead atoms. The maximum atomic E-state index is 11.4. The van der Waals surface area contributed by atoms with Gasteiger partial charge in [0.2, 0.25) is 5.28 Å². The van der Waals surface area contributed by atoms with E-state index in [-0.39, 0.29) is 5.28 Å². The molecule has 3 aromatic heterocycles. The van der Waals surface area contributed by atoms with Crippen LogP contribution in [0, 0.1) is 0 Å². The van der Waals surface area contributed by atoms with E-state index >= 15 is 0 Å². The summed E-state index contributed by atoms with van der Waals surface area (Å²) in [7, 11) is 1.32. The molecule has 3 aromatic rings. The van der Waals surface area contributed by atoms with Crippen molar-refractivity contribution in [2.45, 2.75) is 0 Å². The van der Waals surface area contributed by atoms with E-state index in [1.165, 1.54) is 24.6 Å². The highest BCUT2D eigenvalue weighted by Gasteiger charge is 2.13. The van der Waals surface area contributed by atoms with Crippen molar-refractivity contribution in [2.24, 2.45) is 0 Å². The van der Waals surface area contributed by atoms with Crippen molar-refractivity contribution in [1.29, 1.82) is 0 Å². The molecule has 0 atom stereocenters. The summed E-state index contributed by atoms with van der Waals surface area (Å²) in [6.07, 6.45) is 3.20. The normalized spacial score (nSPS) is 10.7. The van der Waals surface area contributed by atoms with E-state index < -0.39 is 5.97 Å². The van der Waals surface area contributed by atoms with Gasteiger partial charge in [-0.05, 0) is 23.7 Å². The Labute approximate surface area is 122 Å². The van der Waals surface area contributed by atoms with Crippen LogP contribution in [0.3, 0.4) is 0 Å². The van der Waals surface area contributed by atoms with Gasteiger partial charge in [0.25, 0.3) is 0 Å². The number of carbonyl (C=O) groups excluding carboxylic acids is 1. The van der Waals surface area contributed by atoms with E-state index in [0.29, 0.717) is 15.8 Å². The zero-order chi connectivity index (χ0) is 14.1. The minimum Gasteiger partial charge on any atom is -0.465 e. The molecule has 0 radical (unpaired) electrons. The third kappa shape index (κ3) is 2.30. The third-order valence-electron chi connectivity index (χ3n) is 2.48. The van der Waals surface area contributed by atoms with E-state index in [1.54, 1.807) is 10.7 Å². The Morgan fingerprint density at radius 3 is 3.20 bits per heavy atom. The molecule has 9 heteroatoms. The molecule has 0 aromatic carbocycles. The summed E-state index contributed by atoms with van der Waals surface area (Å²) in [4.78, 5) is 20.0. The summed E-state index contributed by atoms with van der Waals surface area (Å²) in [6.45, 7) is 0. The predicted octanol–water partition coefficient (Wildman–Crippen LogP) is 2.37. The number of ether oxygens (including phenoxy) is 1. The summed E-state index contributed by atoms with van der Waals surface area (Å²) >= 11 is 7.02. The zero-order valence-corrected chi connectivity index (χ0v) is 11.8. The fraction of sp³-hybridized carbons (Fsp3) is 0.0909. The third-order valence-corrected chi connectivity index (χ3v) is 3.54. The minimum absolute atomic E-state index is 0.112. The molecule has 0 spiro atoms. The number of thiazole rings is 1. The second-order valence-electron chi connectivity index (χ2n) is 3.71. The lowest BCUT2D eigenvalue weighted by Crippen LogP contribution is -2.00. The number of esters is 1. The monoisotopic (exact) mass is 309 g/mol. The molecule has 3 heterocycles. The van der Waals surface area contributed by atoms with Crippen LogP contribution in [0.5, 0.6) is 0 Å². The first-order chi connectivity index (χ1) is 9.67. The largest absolute Gasteiger partial charge is 0.465 e. The lowest BCUT2D eigenvalue weighted by molar-refractivity contribution is 0.0606. The van der Waals surface area contributed by atoms with Crippen molar-refractivity contribution >= 4 is 45.4 Å². The number of halogens is 1. The Hall–Kier alpha value is -2.19. The van der Waals surface area contributed by atoms with Crippen LogP contribution in [-0.4, -0.2) is 32.7 Å². The van der Waals surface area contributed by atoms with E-state index in [1.807, 2.05) is 12.1 Å². The highest BCUT2D eigenvalue weighted by atomic mass is 35.5. The van der Waals surface area contributed by atoms with E-state index in [9.17, 15) is 4.79 Å². The highest BCUT2D eigenvalue weighted by Crippen LogP contribution is 2.25. The number of aromatic nitrogens is 4. The molecule has 1 N–H and O–H groups in total. The van der Waals surface area contributed by atoms with E-state index in [2.05, 4.69) is 25.1 Å². The number of carbonyl (C=O) groups is 1. The van der Waals surface area contributed by atoms with Gasteiger partial charge >= 0.3 is 5.97 Å². The van der Waals surface area contributed by atoms with Gasteiger partial charge in [0.05, 0.1) is 13.3 Å². The molecule has 0 saturated carbocycles. The number of anilines is 2. The molecule has 0 aliphatic rings. The van der Waals surface area contributed by atoms with Crippen molar-refractivity contribution in [1.82, 2.24) is 19.6 Å². The molecular formula is C11H8ClN5O2S. The molecule has 0 unspecified atom stereocenters. The van der Waals surface area contributed by atoms with E-state index in [4.69, 9.17) is 11.6 Å². The molecule has 7 nitrogen and oxygen atoms in total. The number of hydrogen-bond donors (Lipinski definition) is 1. The van der Waals surface area contributed by atoms with Crippen LogP contribution in [0.4, 0.5) is 10.9 Å². The molecule has 0 aliphatic carbocycles. The fourth-order valence-corrected chi connectivity index (χ4v) is 2.53. The Bertz CT molecular complexity index is 784. The van der Waals surface area contributed by atoms with Gasteiger partial charge in [-0.2, -0.15) is 4.98 Å². The quantitative estimate of drug-likeness (QED) is 0.748. The molecule has 0 amide bonds. The summed E-state index contributed by atoms with van der Waals surface area (Å²) in [5, 5.41) is 7.67. The molecule has 20 heavy (non-hydrogen) atoms. The van der Waals surface area contributed by atoms with Crippen LogP contribution in [-0.2, 0) is 4.74 Å². The molecule has 3 rings (SSSR count). The first-order valence-electron chi connectivity index (χ1n) is 5.49. The standard InChI is InChI=1S/C11H8ClN5O2S/c1-19-9(18)7-5-13-11(20-7)15-8-6-3-2-4-17(6)16-10(12)14-8/h2-5H,1H3,(H,13,14,15,16). The summed E-state index contributed by atoms with van der Waals surface area (Å²) < 4.78 is 6.23. The average molecular weight is 310 g/mol. The van der Waals surface area contributed by atoms with Crippen LogP contribution in [0.15, 0.2) is 24.5 Å². The van der Waals surface area contributed by atoms with Crippen LogP contribution in [0.1, 0.15) is 9.67 Å². The fourth-order valence-electron chi connectivity index (χ4n) is 1.63. The number of nitrogens with zero attached hydrogens (tertiary/aromatic N) is 4. The Kier molecular flexibility index (Phi) is 3.25. The summed E-state index contributed by atoms with van der Waals surface area (Å²) in [5.74, 6) is 0.0878. The van der Waals surface area contributed by atoms with Crippen molar-refractivity contribution < 1.29 is 9.53 Å². The first kappa shape index (κ1) is 12.8. The van der Waals surface area contributed by atoms with Gasteiger partial charge in [0, 0.05) is 6.20 Å². The van der Waals surface area contributed by atoms with Crippen LogP contribution >= 0.6 is 22.9 Å². The van der Waals surface area contributed by atoms with Crippen LogP contribution in [0.2, 0.25) is 5.28 Å². The second kappa shape index (κ2) is 5.06. The maximum Gasteiger partial charge on any atom is 0.349 e. The lowest BCUT2D eigenvalue weighted by atomic mass is 10.5. The average Bonchev–Trinajstić information content (AvgIpc) is 3.06. The SMILES string of the molecule is COC(=O)c1cnc(Nc2nc(Cl)nn3cccc23)s1. The van der Waals surface area contributed by atoms with Crippen molar-refractivity contribution in [3.05, 3.63) is 34.7 Å². The van der Waals surface area contributed by atoms with Crippen molar-refractivity contribution in [3.8, 4) is 0 Å². The maximum absolute atomic E-state index is 11.4. The number of rotatable bonds is 3.